The van der Waals surface area contributed by atoms with Gasteiger partial charge in [-0.3, -0.25) is 4.79 Å². The number of aromatic nitrogens is 2. The van der Waals surface area contributed by atoms with E-state index in [-0.39, 0.29) is 12.3 Å². The Morgan fingerprint density at radius 2 is 2.05 bits per heavy atom. The van der Waals surface area contributed by atoms with E-state index in [0.29, 0.717) is 33.4 Å². The first kappa shape index (κ1) is 15.4. The fourth-order valence-corrected chi connectivity index (χ4v) is 3.10. The van der Waals surface area contributed by atoms with Crippen molar-refractivity contribution in [3.8, 4) is 0 Å². The zero-order valence-electron chi connectivity index (χ0n) is 12.2. The van der Waals surface area contributed by atoms with E-state index in [4.69, 9.17) is 23.2 Å². The molecule has 1 heterocycles. The standard InChI is InChI=1S/C16H17Cl2N3O/c1-10(11-5-6-11)21-15(7-8-19-21)20-16(22)9-12-13(17)3-2-4-14(12)18/h2-4,7-8,10-11H,5-6,9H2,1H3,(H,20,22). The van der Waals surface area contributed by atoms with Crippen molar-refractivity contribution >= 4 is 34.9 Å². The molecule has 0 radical (unpaired) electrons. The molecule has 0 saturated heterocycles. The van der Waals surface area contributed by atoms with Crippen molar-refractivity contribution in [1.82, 2.24) is 9.78 Å². The molecule has 0 spiro atoms. The summed E-state index contributed by atoms with van der Waals surface area (Å²) in [5, 5.41) is 8.23. The van der Waals surface area contributed by atoms with Crippen LogP contribution in [0.4, 0.5) is 5.82 Å². The number of rotatable bonds is 5. The largest absolute Gasteiger partial charge is 0.311 e. The number of nitrogens with zero attached hydrogens (tertiary/aromatic N) is 2. The van der Waals surface area contributed by atoms with Gasteiger partial charge in [0, 0.05) is 16.1 Å². The van der Waals surface area contributed by atoms with Gasteiger partial charge in [-0.25, -0.2) is 4.68 Å². The van der Waals surface area contributed by atoms with Gasteiger partial charge in [-0.15, -0.1) is 0 Å². The van der Waals surface area contributed by atoms with Gasteiger partial charge in [0.25, 0.3) is 0 Å². The summed E-state index contributed by atoms with van der Waals surface area (Å²) in [5.41, 5.74) is 0.643. The second kappa shape index (κ2) is 6.31. The van der Waals surface area contributed by atoms with Crippen LogP contribution in [0.25, 0.3) is 0 Å². The number of hydrogen-bond donors (Lipinski definition) is 1. The van der Waals surface area contributed by atoms with E-state index < -0.39 is 0 Å². The van der Waals surface area contributed by atoms with Crippen molar-refractivity contribution in [2.45, 2.75) is 32.2 Å². The van der Waals surface area contributed by atoms with Crippen LogP contribution in [-0.2, 0) is 11.2 Å². The van der Waals surface area contributed by atoms with Gasteiger partial charge in [0.1, 0.15) is 5.82 Å². The maximum atomic E-state index is 12.3. The van der Waals surface area contributed by atoms with Gasteiger partial charge < -0.3 is 5.32 Å². The molecular weight excluding hydrogens is 321 g/mol. The van der Waals surface area contributed by atoms with E-state index in [1.807, 2.05) is 10.7 Å². The molecule has 1 unspecified atom stereocenters. The van der Waals surface area contributed by atoms with Crippen LogP contribution < -0.4 is 5.32 Å². The highest BCUT2D eigenvalue weighted by Gasteiger charge is 2.30. The number of anilines is 1. The Morgan fingerprint density at radius 1 is 1.36 bits per heavy atom. The summed E-state index contributed by atoms with van der Waals surface area (Å²) >= 11 is 12.2. The molecule has 2 aromatic rings. The zero-order chi connectivity index (χ0) is 15.7. The zero-order valence-corrected chi connectivity index (χ0v) is 13.7. The molecule has 116 valence electrons. The number of benzene rings is 1. The van der Waals surface area contributed by atoms with Crippen molar-refractivity contribution < 1.29 is 4.79 Å². The third kappa shape index (κ3) is 3.28. The van der Waals surface area contributed by atoms with Gasteiger partial charge in [0.05, 0.1) is 18.7 Å². The highest BCUT2D eigenvalue weighted by molar-refractivity contribution is 6.36. The molecule has 0 aliphatic heterocycles. The first-order valence-electron chi connectivity index (χ1n) is 7.32. The summed E-state index contributed by atoms with van der Waals surface area (Å²) in [5.74, 6) is 1.22. The quantitative estimate of drug-likeness (QED) is 0.881. The molecule has 1 atom stereocenters. The average Bonchev–Trinajstić information content (AvgIpc) is 3.23. The maximum Gasteiger partial charge on any atom is 0.230 e. The number of nitrogens with one attached hydrogen (secondary N) is 1. The molecule has 1 saturated carbocycles. The van der Waals surface area contributed by atoms with Crippen molar-refractivity contribution in [2.24, 2.45) is 5.92 Å². The lowest BCUT2D eigenvalue weighted by atomic mass is 10.1. The fraction of sp³-hybridized carbons (Fsp3) is 0.375. The van der Waals surface area contributed by atoms with Crippen molar-refractivity contribution in [2.75, 3.05) is 5.32 Å². The third-order valence-corrected chi connectivity index (χ3v) is 4.74. The molecule has 1 fully saturated rings. The van der Waals surface area contributed by atoms with E-state index >= 15 is 0 Å². The van der Waals surface area contributed by atoms with Gasteiger partial charge in [0.2, 0.25) is 5.91 Å². The van der Waals surface area contributed by atoms with E-state index in [1.54, 1.807) is 24.4 Å². The predicted octanol–water partition coefficient (Wildman–Crippen LogP) is 4.34. The van der Waals surface area contributed by atoms with Crippen LogP contribution in [-0.4, -0.2) is 15.7 Å². The molecular formula is C16H17Cl2N3O. The molecule has 1 amide bonds. The Bertz CT molecular complexity index is 674. The molecule has 4 nitrogen and oxygen atoms in total. The van der Waals surface area contributed by atoms with Gasteiger partial charge in [0.15, 0.2) is 0 Å². The molecule has 1 aromatic heterocycles. The second-order valence-electron chi connectivity index (χ2n) is 5.66. The third-order valence-electron chi connectivity index (χ3n) is 4.03. The van der Waals surface area contributed by atoms with Crippen LogP contribution in [0.15, 0.2) is 30.5 Å². The van der Waals surface area contributed by atoms with Gasteiger partial charge in [-0.2, -0.15) is 5.10 Å². The van der Waals surface area contributed by atoms with Gasteiger partial charge >= 0.3 is 0 Å². The minimum Gasteiger partial charge on any atom is -0.311 e. The van der Waals surface area contributed by atoms with Crippen LogP contribution in [0.3, 0.4) is 0 Å². The Morgan fingerprint density at radius 3 is 2.68 bits per heavy atom. The van der Waals surface area contributed by atoms with Crippen LogP contribution in [0.2, 0.25) is 10.0 Å². The van der Waals surface area contributed by atoms with E-state index in [1.165, 1.54) is 12.8 Å². The van der Waals surface area contributed by atoms with Gasteiger partial charge in [-0.05, 0) is 43.4 Å². The number of carbonyl (C=O) groups excluding carboxylic acids is 1. The molecule has 22 heavy (non-hydrogen) atoms. The average molecular weight is 338 g/mol. The predicted molar refractivity (Wildman–Crippen MR) is 88.5 cm³/mol. The van der Waals surface area contributed by atoms with Crippen LogP contribution >= 0.6 is 23.2 Å². The monoisotopic (exact) mass is 337 g/mol. The Labute approximate surface area is 139 Å². The fourth-order valence-electron chi connectivity index (χ4n) is 2.56. The number of hydrogen-bond acceptors (Lipinski definition) is 2. The summed E-state index contributed by atoms with van der Waals surface area (Å²) in [7, 11) is 0. The van der Waals surface area contributed by atoms with Crippen LogP contribution in [0, 0.1) is 5.92 Å². The molecule has 0 bridgehead atoms. The summed E-state index contributed by atoms with van der Waals surface area (Å²) < 4.78 is 1.88. The highest BCUT2D eigenvalue weighted by atomic mass is 35.5. The lowest BCUT2D eigenvalue weighted by molar-refractivity contribution is -0.115. The molecule has 6 heteroatoms. The summed E-state index contributed by atoms with van der Waals surface area (Å²) in [6.45, 7) is 2.13. The first-order chi connectivity index (χ1) is 10.6. The summed E-state index contributed by atoms with van der Waals surface area (Å²) in [4.78, 5) is 12.3. The smallest absolute Gasteiger partial charge is 0.230 e. The Kier molecular flexibility index (Phi) is 4.41. The molecule has 1 aromatic carbocycles. The minimum absolute atomic E-state index is 0.140. The Balaban J connectivity index is 1.71. The SMILES string of the molecule is CC(C1CC1)n1nccc1NC(=O)Cc1c(Cl)cccc1Cl. The number of halogens is 2. The maximum absolute atomic E-state index is 12.3. The van der Waals surface area contributed by atoms with E-state index in [9.17, 15) is 4.79 Å². The summed E-state index contributed by atoms with van der Waals surface area (Å²) in [6.07, 6.45) is 4.30. The van der Waals surface area contributed by atoms with Crippen molar-refractivity contribution in [3.63, 3.8) is 0 Å². The van der Waals surface area contributed by atoms with Gasteiger partial charge in [-0.1, -0.05) is 29.3 Å². The lowest BCUT2D eigenvalue weighted by Crippen LogP contribution is -2.20. The van der Waals surface area contributed by atoms with E-state index in [0.717, 1.165) is 0 Å². The van der Waals surface area contributed by atoms with Crippen LogP contribution in [0.5, 0.6) is 0 Å². The van der Waals surface area contributed by atoms with Crippen LogP contribution in [0.1, 0.15) is 31.4 Å². The number of carbonyl (C=O) groups is 1. The highest BCUT2D eigenvalue weighted by Crippen LogP contribution is 2.40. The first-order valence-corrected chi connectivity index (χ1v) is 8.08. The minimum atomic E-state index is -0.153. The van der Waals surface area contributed by atoms with E-state index in [2.05, 4.69) is 17.3 Å². The molecule has 1 N–H and O–H groups in total. The molecule has 1 aliphatic rings. The Hall–Kier alpha value is -1.52. The lowest BCUT2D eigenvalue weighted by Gasteiger charge is -2.15. The second-order valence-corrected chi connectivity index (χ2v) is 6.48. The van der Waals surface area contributed by atoms with Crippen molar-refractivity contribution in [1.29, 1.82) is 0 Å². The normalized spacial score (nSPS) is 15.6. The van der Waals surface area contributed by atoms with Crippen molar-refractivity contribution in [3.05, 3.63) is 46.1 Å². The topological polar surface area (TPSA) is 46.9 Å². The number of amides is 1. The summed E-state index contributed by atoms with van der Waals surface area (Å²) in [6, 6.07) is 7.34. The molecule has 1 aliphatic carbocycles. The molecule has 3 rings (SSSR count).